The molecule has 586 valence electrons. The highest BCUT2D eigenvalue weighted by Crippen LogP contribution is 2.49. The molecule has 0 saturated heterocycles. The Morgan fingerprint density at radius 3 is 2.05 bits per heavy atom. The minimum absolute atomic E-state index is 0.0165. The van der Waals surface area contributed by atoms with Gasteiger partial charge in [-0.25, -0.2) is 19.6 Å². The van der Waals surface area contributed by atoms with Crippen molar-refractivity contribution in [3.63, 3.8) is 0 Å². The molecule has 0 spiro atoms. The summed E-state index contributed by atoms with van der Waals surface area (Å²) in [6.07, 6.45) is -1.18. The van der Waals surface area contributed by atoms with Gasteiger partial charge in [0.15, 0.2) is 22.7 Å². The number of rotatable bonds is 36. The van der Waals surface area contributed by atoms with E-state index in [4.69, 9.17) is 20.4 Å². The number of aryl methyl sites for hydroxylation is 2. The lowest BCUT2D eigenvalue weighted by atomic mass is 9.83. The van der Waals surface area contributed by atoms with Gasteiger partial charge in [0.2, 0.25) is 35.5 Å². The number of nitrogens with zero attached hydrogens (tertiary/aromatic N) is 5. The molecular formula is C72H86N16O19S3. The van der Waals surface area contributed by atoms with Crippen molar-refractivity contribution in [3.05, 3.63) is 121 Å². The average Bonchev–Trinajstić information content (AvgIpc) is 1.56. The molecule has 0 fully saturated rings. The molecule has 5 aromatic heterocycles. The topological polar surface area (TPSA) is 548 Å². The van der Waals surface area contributed by atoms with Gasteiger partial charge in [-0.2, -0.15) is 13.4 Å². The number of esters is 1. The summed E-state index contributed by atoms with van der Waals surface area (Å²) in [5, 5.41) is 38.2. The highest BCUT2D eigenvalue weighted by atomic mass is 33.1. The normalized spacial score (nSPS) is 16.9. The fourth-order valence-corrected chi connectivity index (χ4v) is 16.0. The molecule has 35 nitrogen and oxygen atoms in total. The number of carboxylic acid groups (broad SMARTS) is 2. The summed E-state index contributed by atoms with van der Waals surface area (Å²) in [5.41, 5.74) is 12.7. The molecule has 1 aliphatic carbocycles. The Hall–Kier alpha value is -11.0. The van der Waals surface area contributed by atoms with Crippen molar-refractivity contribution < 1.29 is 85.5 Å². The van der Waals surface area contributed by atoms with Crippen molar-refractivity contribution in [2.75, 3.05) is 55.1 Å². The third-order valence-electron chi connectivity index (χ3n) is 19.3. The number of aromatic nitrogens is 8. The lowest BCUT2D eigenvalue weighted by Gasteiger charge is -2.21. The summed E-state index contributed by atoms with van der Waals surface area (Å²) < 4.78 is 37.2. The number of aliphatic carboxylic acids is 2. The number of ether oxygens (including phenoxy) is 1. The number of anilines is 2. The third kappa shape index (κ3) is 20.3. The first-order valence-electron chi connectivity index (χ1n) is 35.3. The maximum absolute atomic E-state index is 14.7. The lowest BCUT2D eigenvalue weighted by Crippen LogP contribution is -2.49. The summed E-state index contributed by atoms with van der Waals surface area (Å²) in [5.74, 6) is -15.7. The largest absolute Gasteiger partial charge is 0.480 e. The van der Waals surface area contributed by atoms with E-state index in [-0.39, 0.29) is 95.4 Å². The van der Waals surface area contributed by atoms with Gasteiger partial charge in [-0.05, 0) is 101 Å². The Kier molecular flexibility index (Phi) is 27.5. The zero-order valence-corrected chi connectivity index (χ0v) is 63.8. The van der Waals surface area contributed by atoms with Gasteiger partial charge in [-0.3, -0.25) is 72.2 Å². The van der Waals surface area contributed by atoms with Crippen LogP contribution >= 0.6 is 21.6 Å². The van der Waals surface area contributed by atoms with Crippen molar-refractivity contribution in [2.45, 2.75) is 154 Å². The number of benzene rings is 1. The first-order valence-corrected chi connectivity index (χ1v) is 39.4. The molecule has 6 amide bonds. The van der Waals surface area contributed by atoms with Gasteiger partial charge < -0.3 is 67.9 Å². The van der Waals surface area contributed by atoms with E-state index in [0.717, 1.165) is 39.4 Å². The van der Waals surface area contributed by atoms with Gasteiger partial charge in [0, 0.05) is 137 Å². The Labute approximate surface area is 637 Å². The van der Waals surface area contributed by atoms with E-state index in [0.29, 0.717) is 61.5 Å². The van der Waals surface area contributed by atoms with Crippen LogP contribution in [-0.4, -0.2) is 196 Å². The summed E-state index contributed by atoms with van der Waals surface area (Å²) >= 11 is 0. The van der Waals surface area contributed by atoms with Crippen LogP contribution in [0.5, 0.6) is 0 Å². The molecule has 0 saturated carbocycles. The van der Waals surface area contributed by atoms with E-state index in [1.54, 1.807) is 13.8 Å². The maximum Gasteiger partial charge on any atom is 0.327 e. The summed E-state index contributed by atoms with van der Waals surface area (Å²) in [4.78, 5) is 206. The molecule has 9 atom stereocenters. The fourth-order valence-electron chi connectivity index (χ4n) is 13.6. The molecule has 15 N–H and O–H groups in total. The number of nitrogen functional groups attached to an aromatic ring is 1. The van der Waals surface area contributed by atoms with Crippen LogP contribution in [-0.2, 0) is 64.6 Å². The second-order valence-electron chi connectivity index (χ2n) is 26.9. The minimum atomic E-state index is -4.55. The van der Waals surface area contributed by atoms with Gasteiger partial charge >= 0.3 is 17.9 Å². The number of carbonyl (C=O) groups excluding carboxylic acids is 10. The smallest absolute Gasteiger partial charge is 0.327 e. The molecule has 1 aromatic carbocycles. The van der Waals surface area contributed by atoms with Crippen molar-refractivity contribution in [1.82, 2.24) is 71.8 Å². The first kappa shape index (κ1) is 83.1. The van der Waals surface area contributed by atoms with Crippen LogP contribution in [0.2, 0.25) is 0 Å². The van der Waals surface area contributed by atoms with Gasteiger partial charge in [0.05, 0.1) is 60.4 Å². The molecule has 3 aliphatic rings. The number of hydrogen-bond acceptors (Lipinski definition) is 25. The molecular weight excluding hydrogens is 1490 g/mol. The highest BCUT2D eigenvalue weighted by molar-refractivity contribution is 8.76. The molecule has 38 heteroatoms. The van der Waals surface area contributed by atoms with E-state index in [9.17, 15) is 85.5 Å². The number of Topliss-reactive ketones (excluding diaryl/α,β-unsaturated/α-hetero) is 3. The lowest BCUT2D eigenvalue weighted by molar-refractivity contribution is -0.142. The summed E-state index contributed by atoms with van der Waals surface area (Å²) in [6.45, 7) is 12.4. The Morgan fingerprint density at radius 1 is 0.709 bits per heavy atom. The van der Waals surface area contributed by atoms with Crippen molar-refractivity contribution in [3.8, 4) is 0 Å². The second-order valence-corrected chi connectivity index (χ2v) is 31.1. The van der Waals surface area contributed by atoms with Crippen molar-refractivity contribution in [1.29, 1.82) is 0 Å². The van der Waals surface area contributed by atoms with Crippen LogP contribution < -0.4 is 48.5 Å². The van der Waals surface area contributed by atoms with Gasteiger partial charge in [-0.15, -0.1) is 0 Å². The number of carbonyl (C=O) groups is 12. The molecule has 8 bridgehead atoms. The number of aromatic amines is 3. The predicted molar refractivity (Wildman–Crippen MR) is 406 cm³/mol. The van der Waals surface area contributed by atoms with E-state index in [2.05, 4.69) is 81.0 Å². The van der Waals surface area contributed by atoms with Gasteiger partial charge in [0.25, 0.3) is 21.6 Å². The molecule has 0 radical (unpaired) electrons. The number of amides is 6. The highest BCUT2D eigenvalue weighted by Gasteiger charge is 2.46. The summed E-state index contributed by atoms with van der Waals surface area (Å²) in [6, 6.07) is 6.69. The SMILES string of the molecule is CCNC(=O)CC(NC(=O)CC[C@@H]1c2nc(cc3[nH]c(cc4nc(cc5[nH]c6c(c5C)C(=O)C(C(=O)OC)c26)[C@H](CC)[C@H]4C)c(C(C)=O)c3C)[C@H]1C)C(=O)NCCSSC[C@H](NC(=O)[C@@H](CC(=O)CC[C@H](NC(=O)c1ccc(NCc2cnc3nc(N)[nH]c(=O)c3n2)cc1)C(=O)O)CC(=O)NCCS(=O)(=O)O)C(=O)O. The number of nitrogens with one attached hydrogen (secondary N) is 10. The number of ketones is 3. The zero-order valence-electron chi connectivity index (χ0n) is 61.3. The van der Waals surface area contributed by atoms with E-state index < -0.39 is 167 Å². The number of methoxy groups -OCH3 is 1. The van der Waals surface area contributed by atoms with Crippen LogP contribution in [0, 0.1) is 19.8 Å². The Balaban J connectivity index is 0.822. The van der Waals surface area contributed by atoms with E-state index in [1.807, 2.05) is 32.0 Å². The molecule has 2 unspecified atom stereocenters. The second kappa shape index (κ2) is 36.5. The Bertz CT molecular complexity index is 5010. The van der Waals surface area contributed by atoms with Crippen LogP contribution in [0.15, 0.2) is 53.5 Å². The standard InChI is InChI=1S/C72H86N16O19S3/c1-9-42-32(3)45-27-50-56(36(7)89)34(5)47(81-50)25-46-33(4)43(60(83-46)58-59(71(103)107-8)63(94)57-35(6)48(84-61(57)58)26-49(42)80-45)16-18-53(91)82-51(28-55(93)74-10-2)67(97)76-19-21-108-109-31-52(70(101)102)86-66(96)38(24-54(92)75-20-22-110(104,105)106)23-41(90)15-17-44(69(99)100)85-65(95)37-11-13-39(14-12-37)77-29-40-30-78-64-62(79-40)68(98)88-72(73)87-64/h11-14,25-27,30,32-33,38,42-44,51-52,59,77,81,84H,9-10,15-24,28-29,31H2,1-8H3,(H,74,93)(H,75,92)(H,76,97)(H,82,91)(H,85,95)(H,86,96)(H,99,100)(H,101,102)(H,104,105,106)(H3,73,78,87,88,98)/t32-,33+,38+,42-,43+,44+,51?,52+,59?/m1/s1. The minimum Gasteiger partial charge on any atom is -0.480 e. The van der Waals surface area contributed by atoms with Crippen LogP contribution in [0.1, 0.15) is 192 Å². The van der Waals surface area contributed by atoms with E-state index >= 15 is 0 Å². The molecule has 2 aliphatic heterocycles. The maximum atomic E-state index is 14.7. The van der Waals surface area contributed by atoms with Crippen LogP contribution in [0.25, 0.3) is 33.2 Å². The average molecular weight is 1580 g/mol. The Morgan fingerprint density at radius 2 is 1.38 bits per heavy atom. The fraction of sp³-hybridized carbons (Fsp3) is 0.444. The molecule has 7 heterocycles. The summed E-state index contributed by atoms with van der Waals surface area (Å²) in [7, 11) is -1.36. The molecule has 9 rings (SSSR count). The zero-order chi connectivity index (χ0) is 80.2. The number of fused-ring (bicyclic) bond motifs is 9. The van der Waals surface area contributed by atoms with Crippen LogP contribution in [0.4, 0.5) is 11.6 Å². The third-order valence-corrected chi connectivity index (χ3v) is 22.5. The number of hydrogen-bond donors (Lipinski definition) is 14. The number of H-pyrrole nitrogens is 3. The first-order chi connectivity index (χ1) is 52.2. The quantitative estimate of drug-likeness (QED) is 0.00643. The van der Waals surface area contributed by atoms with Crippen molar-refractivity contribution >= 4 is 147 Å². The number of carboxylic acids is 2. The molecule has 110 heavy (non-hydrogen) atoms. The predicted octanol–water partition coefficient (Wildman–Crippen LogP) is 4.48. The number of nitrogens with two attached hydrogens (primary N) is 1. The van der Waals surface area contributed by atoms with Crippen LogP contribution in [0.3, 0.4) is 0 Å². The molecule has 6 aromatic rings. The monoisotopic (exact) mass is 1570 g/mol. The van der Waals surface area contributed by atoms with Crippen molar-refractivity contribution in [2.24, 2.45) is 5.92 Å². The van der Waals surface area contributed by atoms with E-state index in [1.165, 1.54) is 44.5 Å². The van der Waals surface area contributed by atoms with Gasteiger partial charge in [-0.1, -0.05) is 42.4 Å². The van der Waals surface area contributed by atoms with Gasteiger partial charge in [0.1, 0.15) is 29.8 Å².